The highest BCUT2D eigenvalue weighted by molar-refractivity contribution is 5.77. The van der Waals surface area contributed by atoms with Gasteiger partial charge in [0.25, 0.3) is 5.91 Å². The summed E-state index contributed by atoms with van der Waals surface area (Å²) in [7, 11) is 1.57. The van der Waals surface area contributed by atoms with Gasteiger partial charge < -0.3 is 10.1 Å². The maximum Gasteiger partial charge on any atom is 0.257 e. The minimum atomic E-state index is -0.136. The first-order chi connectivity index (χ1) is 5.83. The fraction of sp³-hybridized carbons (Fsp3) is 0.222. The molecule has 3 heteroatoms. The highest BCUT2D eigenvalue weighted by Gasteiger charge is 1.97. The Hall–Kier alpha value is -1.51. The van der Waals surface area contributed by atoms with E-state index in [1.807, 2.05) is 0 Å². The number of rotatable bonds is 3. The van der Waals surface area contributed by atoms with E-state index in [0.717, 1.165) is 0 Å². The molecule has 0 atom stereocenters. The van der Waals surface area contributed by atoms with E-state index in [0.29, 0.717) is 5.75 Å². The zero-order valence-corrected chi connectivity index (χ0v) is 6.83. The molecule has 0 spiro atoms. The molecule has 0 aromatic heterocycles. The molecule has 63 valence electrons. The SMILES string of the molecule is CNC(=O)COc1cc[c]cc1. The zero-order valence-electron chi connectivity index (χ0n) is 6.83. The van der Waals surface area contributed by atoms with Crippen molar-refractivity contribution < 1.29 is 9.53 Å². The zero-order chi connectivity index (χ0) is 8.81. The van der Waals surface area contributed by atoms with Crippen LogP contribution in [0.5, 0.6) is 5.75 Å². The summed E-state index contributed by atoms with van der Waals surface area (Å²) in [4.78, 5) is 10.7. The summed E-state index contributed by atoms with van der Waals surface area (Å²) in [6.07, 6.45) is 0. The maximum absolute atomic E-state index is 10.7. The van der Waals surface area contributed by atoms with Crippen LogP contribution in [0.4, 0.5) is 0 Å². The maximum atomic E-state index is 10.7. The van der Waals surface area contributed by atoms with Crippen molar-refractivity contribution in [2.75, 3.05) is 13.7 Å². The van der Waals surface area contributed by atoms with E-state index < -0.39 is 0 Å². The topological polar surface area (TPSA) is 38.3 Å². The van der Waals surface area contributed by atoms with Crippen LogP contribution < -0.4 is 10.1 Å². The first-order valence-corrected chi connectivity index (χ1v) is 3.62. The molecule has 1 N–H and O–H groups in total. The van der Waals surface area contributed by atoms with Crippen molar-refractivity contribution in [3.05, 3.63) is 30.3 Å². The van der Waals surface area contributed by atoms with E-state index in [1.54, 1.807) is 31.3 Å². The van der Waals surface area contributed by atoms with Gasteiger partial charge in [-0.3, -0.25) is 4.79 Å². The van der Waals surface area contributed by atoms with Gasteiger partial charge in [-0.05, 0) is 18.2 Å². The van der Waals surface area contributed by atoms with Crippen LogP contribution >= 0.6 is 0 Å². The molecule has 1 amide bonds. The van der Waals surface area contributed by atoms with Crippen molar-refractivity contribution in [1.29, 1.82) is 0 Å². The van der Waals surface area contributed by atoms with Crippen LogP contribution in [-0.2, 0) is 4.79 Å². The smallest absolute Gasteiger partial charge is 0.257 e. The number of likely N-dealkylation sites (N-methyl/N-ethyl adjacent to an activating group) is 1. The number of benzene rings is 1. The van der Waals surface area contributed by atoms with Crippen LogP contribution in [0, 0.1) is 6.07 Å². The lowest BCUT2D eigenvalue weighted by Gasteiger charge is -2.03. The predicted molar refractivity (Wildman–Crippen MR) is 44.8 cm³/mol. The molecule has 1 aromatic carbocycles. The molecule has 0 aliphatic rings. The Morgan fingerprint density at radius 2 is 2.25 bits per heavy atom. The quantitative estimate of drug-likeness (QED) is 0.710. The van der Waals surface area contributed by atoms with E-state index in [9.17, 15) is 4.79 Å². The normalized spacial score (nSPS) is 9.08. The van der Waals surface area contributed by atoms with Gasteiger partial charge in [-0.2, -0.15) is 0 Å². The standard InChI is InChI=1S/C9H10NO2/c1-10-9(11)7-12-8-5-3-2-4-6-8/h3-6H,7H2,1H3,(H,10,11). The summed E-state index contributed by atoms with van der Waals surface area (Å²) in [5, 5.41) is 2.46. The van der Waals surface area contributed by atoms with Crippen molar-refractivity contribution in [3.8, 4) is 5.75 Å². The van der Waals surface area contributed by atoms with Gasteiger partial charge in [0.05, 0.1) is 0 Å². The van der Waals surface area contributed by atoms with Crippen LogP contribution in [0.2, 0.25) is 0 Å². The third-order valence-electron chi connectivity index (χ3n) is 1.34. The molecule has 0 saturated carbocycles. The monoisotopic (exact) mass is 164 g/mol. The molecular weight excluding hydrogens is 154 g/mol. The number of hydrogen-bond donors (Lipinski definition) is 1. The summed E-state index contributed by atoms with van der Waals surface area (Å²) < 4.78 is 5.13. The van der Waals surface area contributed by atoms with Crippen LogP contribution in [0.15, 0.2) is 24.3 Å². The molecule has 3 nitrogen and oxygen atoms in total. The Morgan fingerprint density at radius 1 is 1.58 bits per heavy atom. The first-order valence-electron chi connectivity index (χ1n) is 3.62. The highest BCUT2D eigenvalue weighted by Crippen LogP contribution is 2.06. The molecular formula is C9H10NO2. The van der Waals surface area contributed by atoms with Gasteiger partial charge in [-0.1, -0.05) is 12.1 Å². The minimum Gasteiger partial charge on any atom is -0.484 e. The third kappa shape index (κ3) is 2.62. The average molecular weight is 164 g/mol. The summed E-state index contributed by atoms with van der Waals surface area (Å²) in [6, 6.07) is 9.83. The molecule has 1 rings (SSSR count). The molecule has 0 unspecified atom stereocenters. The Morgan fingerprint density at radius 3 is 2.83 bits per heavy atom. The summed E-state index contributed by atoms with van der Waals surface area (Å²) in [6.45, 7) is 0.0561. The molecule has 0 saturated heterocycles. The van der Waals surface area contributed by atoms with E-state index in [2.05, 4.69) is 11.4 Å². The summed E-state index contributed by atoms with van der Waals surface area (Å²) >= 11 is 0. The number of amides is 1. The molecule has 0 aliphatic heterocycles. The molecule has 0 aliphatic carbocycles. The molecule has 0 fully saturated rings. The Bertz CT molecular complexity index is 246. The second-order valence-corrected chi connectivity index (χ2v) is 2.20. The second kappa shape index (κ2) is 4.38. The van der Waals surface area contributed by atoms with Gasteiger partial charge in [0, 0.05) is 7.05 Å². The van der Waals surface area contributed by atoms with Gasteiger partial charge >= 0.3 is 0 Å². The predicted octanol–water partition coefficient (Wildman–Crippen LogP) is 0.612. The molecule has 1 aromatic rings. The molecule has 0 bridgehead atoms. The summed E-state index contributed by atoms with van der Waals surface area (Å²) in [5.74, 6) is 0.542. The number of carbonyl (C=O) groups is 1. The van der Waals surface area contributed by atoms with Gasteiger partial charge in [-0.15, -0.1) is 0 Å². The van der Waals surface area contributed by atoms with E-state index >= 15 is 0 Å². The fourth-order valence-corrected chi connectivity index (χ4v) is 0.689. The first kappa shape index (κ1) is 8.59. The number of ether oxygens (including phenoxy) is 1. The minimum absolute atomic E-state index is 0.0561. The number of hydrogen-bond acceptors (Lipinski definition) is 2. The van der Waals surface area contributed by atoms with Crippen LogP contribution in [0.25, 0.3) is 0 Å². The van der Waals surface area contributed by atoms with Gasteiger partial charge in [0.2, 0.25) is 0 Å². The van der Waals surface area contributed by atoms with E-state index in [4.69, 9.17) is 4.74 Å². The van der Waals surface area contributed by atoms with Crippen LogP contribution in [0.3, 0.4) is 0 Å². The van der Waals surface area contributed by atoms with Gasteiger partial charge in [0.15, 0.2) is 6.61 Å². The second-order valence-electron chi connectivity index (χ2n) is 2.20. The van der Waals surface area contributed by atoms with Crippen molar-refractivity contribution in [3.63, 3.8) is 0 Å². The lowest BCUT2D eigenvalue weighted by Crippen LogP contribution is -2.24. The molecule has 12 heavy (non-hydrogen) atoms. The van der Waals surface area contributed by atoms with Crippen molar-refractivity contribution in [1.82, 2.24) is 5.32 Å². The Labute approximate surface area is 71.4 Å². The average Bonchev–Trinajstić information content (AvgIpc) is 2.16. The Kier molecular flexibility index (Phi) is 3.14. The molecule has 1 radical (unpaired) electrons. The molecule has 0 heterocycles. The van der Waals surface area contributed by atoms with Crippen molar-refractivity contribution in [2.24, 2.45) is 0 Å². The van der Waals surface area contributed by atoms with Crippen molar-refractivity contribution >= 4 is 5.91 Å². The fourth-order valence-electron chi connectivity index (χ4n) is 0.689. The van der Waals surface area contributed by atoms with Gasteiger partial charge in [0.1, 0.15) is 5.75 Å². The van der Waals surface area contributed by atoms with Crippen LogP contribution in [-0.4, -0.2) is 19.6 Å². The summed E-state index contributed by atoms with van der Waals surface area (Å²) in [5.41, 5.74) is 0. The van der Waals surface area contributed by atoms with E-state index in [-0.39, 0.29) is 12.5 Å². The van der Waals surface area contributed by atoms with E-state index in [1.165, 1.54) is 0 Å². The third-order valence-corrected chi connectivity index (χ3v) is 1.34. The lowest BCUT2D eigenvalue weighted by molar-refractivity contribution is -0.122. The van der Waals surface area contributed by atoms with Crippen LogP contribution in [0.1, 0.15) is 0 Å². The van der Waals surface area contributed by atoms with Crippen molar-refractivity contribution in [2.45, 2.75) is 0 Å². The highest BCUT2D eigenvalue weighted by atomic mass is 16.5. The number of nitrogens with one attached hydrogen (secondary N) is 1. The largest absolute Gasteiger partial charge is 0.484 e. The Balaban J connectivity index is 2.38. The number of carbonyl (C=O) groups excluding carboxylic acids is 1. The lowest BCUT2D eigenvalue weighted by atomic mass is 10.3. The van der Waals surface area contributed by atoms with Gasteiger partial charge in [-0.25, -0.2) is 0 Å².